The molecule has 0 aromatic carbocycles. The van der Waals surface area contributed by atoms with Gasteiger partial charge >= 0.3 is 0 Å². The van der Waals surface area contributed by atoms with E-state index in [9.17, 15) is 4.79 Å². The van der Waals surface area contributed by atoms with E-state index in [2.05, 4.69) is 15.5 Å². The number of aliphatic hydroxyl groups excluding tert-OH is 1. The highest BCUT2D eigenvalue weighted by Gasteiger charge is 2.43. The molecule has 0 atom stereocenters. The van der Waals surface area contributed by atoms with Gasteiger partial charge in [-0.05, 0) is 19.8 Å². The highest BCUT2D eigenvalue weighted by atomic mass is 16.5. The van der Waals surface area contributed by atoms with Crippen molar-refractivity contribution in [1.82, 2.24) is 15.5 Å². The number of aliphatic hydroxyl groups is 1. The Labute approximate surface area is 93.0 Å². The van der Waals surface area contributed by atoms with Gasteiger partial charge in [0.05, 0.1) is 12.1 Å². The van der Waals surface area contributed by atoms with E-state index >= 15 is 0 Å². The third-order valence-electron chi connectivity index (χ3n) is 2.70. The smallest absolute Gasteiger partial charge is 0.227 e. The van der Waals surface area contributed by atoms with Crippen LogP contribution in [0.3, 0.4) is 0 Å². The molecule has 1 aliphatic carbocycles. The summed E-state index contributed by atoms with van der Waals surface area (Å²) in [5.41, 5.74) is -0.345. The summed E-state index contributed by atoms with van der Waals surface area (Å²) in [5.74, 6) is 0.966. The Hall–Kier alpha value is -1.43. The number of carbonyl (C=O) groups excluding carboxylic acids is 1. The average molecular weight is 225 g/mol. The van der Waals surface area contributed by atoms with Gasteiger partial charge < -0.3 is 14.9 Å². The van der Waals surface area contributed by atoms with Crippen molar-refractivity contribution in [3.8, 4) is 0 Å². The second-order valence-electron chi connectivity index (χ2n) is 4.22. The van der Waals surface area contributed by atoms with Crippen LogP contribution in [-0.2, 0) is 11.2 Å². The quantitative estimate of drug-likeness (QED) is 0.733. The number of amides is 1. The highest BCUT2D eigenvalue weighted by Crippen LogP contribution is 2.34. The zero-order valence-electron chi connectivity index (χ0n) is 9.19. The molecule has 88 valence electrons. The van der Waals surface area contributed by atoms with Crippen LogP contribution in [0.2, 0.25) is 0 Å². The Bertz CT molecular complexity index is 384. The summed E-state index contributed by atoms with van der Waals surface area (Å²) in [7, 11) is 0. The molecule has 1 amide bonds. The Morgan fingerprint density at radius 3 is 2.88 bits per heavy atom. The van der Waals surface area contributed by atoms with E-state index in [1.54, 1.807) is 6.92 Å². The van der Waals surface area contributed by atoms with E-state index in [0.717, 1.165) is 12.8 Å². The molecule has 6 heteroatoms. The van der Waals surface area contributed by atoms with Gasteiger partial charge in [0.15, 0.2) is 5.82 Å². The van der Waals surface area contributed by atoms with Crippen LogP contribution in [0.15, 0.2) is 4.52 Å². The van der Waals surface area contributed by atoms with Crippen molar-refractivity contribution in [2.45, 2.75) is 38.1 Å². The van der Waals surface area contributed by atoms with Gasteiger partial charge in [-0.25, -0.2) is 0 Å². The maximum Gasteiger partial charge on any atom is 0.227 e. The predicted molar refractivity (Wildman–Crippen MR) is 54.5 cm³/mol. The molecular formula is C10H15N3O3. The largest absolute Gasteiger partial charge is 0.394 e. The normalized spacial score (nSPS) is 17.1. The van der Waals surface area contributed by atoms with E-state index in [0.29, 0.717) is 24.6 Å². The second-order valence-corrected chi connectivity index (χ2v) is 4.22. The third-order valence-corrected chi connectivity index (χ3v) is 2.70. The summed E-state index contributed by atoms with van der Waals surface area (Å²) in [4.78, 5) is 15.5. The van der Waals surface area contributed by atoms with Crippen molar-refractivity contribution in [1.29, 1.82) is 0 Å². The molecule has 1 fully saturated rings. The number of aromatic nitrogens is 2. The molecule has 1 aliphatic rings. The van der Waals surface area contributed by atoms with E-state index in [-0.39, 0.29) is 18.1 Å². The zero-order valence-corrected chi connectivity index (χ0v) is 9.19. The Morgan fingerprint density at radius 1 is 1.62 bits per heavy atom. The fraction of sp³-hybridized carbons (Fsp3) is 0.700. The second kappa shape index (κ2) is 4.21. The zero-order chi connectivity index (χ0) is 11.6. The molecule has 6 nitrogen and oxygen atoms in total. The van der Waals surface area contributed by atoms with Crippen molar-refractivity contribution in [3.63, 3.8) is 0 Å². The van der Waals surface area contributed by atoms with Crippen LogP contribution in [0.4, 0.5) is 0 Å². The summed E-state index contributed by atoms with van der Waals surface area (Å²) in [6.45, 7) is 1.75. The first-order valence-corrected chi connectivity index (χ1v) is 5.35. The standard InChI is InChI=1S/C10H15N3O3/c1-7-11-9(16-13-7)3-2-8(15)12-10(6-14)4-5-10/h14H,2-6H2,1H3,(H,12,15). The Balaban J connectivity index is 1.76. The molecule has 2 rings (SSSR count). The van der Waals surface area contributed by atoms with Crippen molar-refractivity contribution in [2.24, 2.45) is 0 Å². The average Bonchev–Trinajstić information content (AvgIpc) is 2.91. The van der Waals surface area contributed by atoms with Gasteiger partial charge in [-0.3, -0.25) is 4.79 Å². The summed E-state index contributed by atoms with van der Waals surface area (Å²) in [6, 6.07) is 0. The van der Waals surface area contributed by atoms with Gasteiger partial charge in [-0.1, -0.05) is 5.16 Å². The lowest BCUT2D eigenvalue weighted by Gasteiger charge is -2.13. The third kappa shape index (κ3) is 2.57. The number of nitrogens with zero attached hydrogens (tertiary/aromatic N) is 2. The van der Waals surface area contributed by atoms with E-state index in [1.165, 1.54) is 0 Å². The molecule has 1 aromatic rings. The van der Waals surface area contributed by atoms with Gasteiger partial charge in [0, 0.05) is 12.8 Å². The predicted octanol–water partition coefficient (Wildman–Crippen LogP) is -0.0483. The number of hydrogen-bond donors (Lipinski definition) is 2. The lowest BCUT2D eigenvalue weighted by molar-refractivity contribution is -0.122. The van der Waals surface area contributed by atoms with Gasteiger partial charge in [-0.2, -0.15) is 4.98 Å². The summed E-state index contributed by atoms with van der Waals surface area (Å²) < 4.78 is 4.90. The Morgan fingerprint density at radius 2 is 2.38 bits per heavy atom. The summed E-state index contributed by atoms with van der Waals surface area (Å²) >= 11 is 0. The molecular weight excluding hydrogens is 210 g/mol. The van der Waals surface area contributed by atoms with Crippen LogP contribution >= 0.6 is 0 Å². The van der Waals surface area contributed by atoms with Gasteiger partial charge in [0.25, 0.3) is 0 Å². The number of rotatable bonds is 5. The molecule has 0 unspecified atom stereocenters. The fourth-order valence-corrected chi connectivity index (χ4v) is 1.49. The van der Waals surface area contributed by atoms with E-state index < -0.39 is 0 Å². The first kappa shape index (κ1) is 11.1. The molecule has 1 heterocycles. The molecule has 0 bridgehead atoms. The molecule has 16 heavy (non-hydrogen) atoms. The number of hydrogen-bond acceptors (Lipinski definition) is 5. The fourth-order valence-electron chi connectivity index (χ4n) is 1.49. The molecule has 1 saturated carbocycles. The molecule has 2 N–H and O–H groups in total. The number of carbonyl (C=O) groups is 1. The minimum atomic E-state index is -0.345. The molecule has 0 aliphatic heterocycles. The maximum atomic E-state index is 11.5. The van der Waals surface area contributed by atoms with Crippen molar-refractivity contribution >= 4 is 5.91 Å². The van der Waals surface area contributed by atoms with Crippen molar-refractivity contribution in [2.75, 3.05) is 6.61 Å². The highest BCUT2D eigenvalue weighted by molar-refractivity contribution is 5.77. The van der Waals surface area contributed by atoms with Crippen LogP contribution in [0.25, 0.3) is 0 Å². The van der Waals surface area contributed by atoms with Gasteiger partial charge in [-0.15, -0.1) is 0 Å². The van der Waals surface area contributed by atoms with Gasteiger partial charge in [0.1, 0.15) is 0 Å². The minimum absolute atomic E-state index is 0.0123. The van der Waals surface area contributed by atoms with Crippen LogP contribution in [0.5, 0.6) is 0 Å². The van der Waals surface area contributed by atoms with Crippen molar-refractivity contribution < 1.29 is 14.4 Å². The van der Waals surface area contributed by atoms with Crippen molar-refractivity contribution in [3.05, 3.63) is 11.7 Å². The lowest BCUT2D eigenvalue weighted by atomic mass is 10.2. The molecule has 1 aromatic heterocycles. The number of nitrogens with one attached hydrogen (secondary N) is 1. The first-order valence-electron chi connectivity index (χ1n) is 5.35. The van der Waals surface area contributed by atoms with Crippen LogP contribution < -0.4 is 5.32 Å². The summed E-state index contributed by atoms with van der Waals surface area (Å²) in [5, 5.41) is 15.5. The van der Waals surface area contributed by atoms with Crippen LogP contribution in [0.1, 0.15) is 31.0 Å². The lowest BCUT2D eigenvalue weighted by Crippen LogP contribution is -2.39. The SMILES string of the molecule is Cc1noc(CCC(=O)NC2(CO)CC2)n1. The molecule has 0 radical (unpaired) electrons. The monoisotopic (exact) mass is 225 g/mol. The maximum absolute atomic E-state index is 11.5. The molecule has 0 saturated heterocycles. The minimum Gasteiger partial charge on any atom is -0.394 e. The van der Waals surface area contributed by atoms with Crippen LogP contribution in [0, 0.1) is 6.92 Å². The molecule has 0 spiro atoms. The Kier molecular flexibility index (Phi) is 2.91. The van der Waals surface area contributed by atoms with Crippen LogP contribution in [-0.4, -0.2) is 33.3 Å². The van der Waals surface area contributed by atoms with E-state index in [1.807, 2.05) is 0 Å². The first-order chi connectivity index (χ1) is 7.63. The summed E-state index contributed by atoms with van der Waals surface area (Å²) in [6.07, 6.45) is 2.46. The van der Waals surface area contributed by atoms with Gasteiger partial charge in [0.2, 0.25) is 11.8 Å². The van der Waals surface area contributed by atoms with E-state index in [4.69, 9.17) is 9.63 Å². The number of aryl methyl sites for hydroxylation is 2. The topological polar surface area (TPSA) is 88.2 Å².